The molecule has 4 rings (SSSR count). The molecular weight excluding hydrogens is 422 g/mol. The SMILES string of the molecule is [B][P+](c1ccccc1)(c1ccccc1)c1ccccc1OS(=O)(=O)c1ccc(C)cc1. The topological polar surface area (TPSA) is 43.4 Å². The third-order valence-corrected chi connectivity index (χ3v) is 9.68. The molecule has 0 saturated heterocycles. The van der Waals surface area contributed by atoms with Gasteiger partial charge in [-0.15, -0.1) is 0 Å². The van der Waals surface area contributed by atoms with Gasteiger partial charge in [0.1, 0.15) is 10.2 Å². The van der Waals surface area contributed by atoms with Crippen LogP contribution in [0.1, 0.15) is 5.56 Å². The summed E-state index contributed by atoms with van der Waals surface area (Å²) in [6.45, 7) is 1.90. The van der Waals surface area contributed by atoms with Gasteiger partial charge < -0.3 is 4.18 Å². The maximum absolute atomic E-state index is 13.0. The fourth-order valence-corrected chi connectivity index (χ4v) is 7.38. The van der Waals surface area contributed by atoms with Crippen molar-refractivity contribution >= 4 is 40.7 Å². The number of rotatable bonds is 6. The predicted octanol–water partition coefficient (Wildman–Crippen LogP) is 4.14. The largest absolute Gasteiger partial charge is 0.383 e. The van der Waals surface area contributed by atoms with E-state index in [9.17, 15) is 8.42 Å². The Kier molecular flexibility index (Phi) is 6.00. The third kappa shape index (κ3) is 4.30. The first-order valence-electron chi connectivity index (χ1n) is 9.81. The van der Waals surface area contributed by atoms with E-state index in [2.05, 4.69) is 0 Å². The summed E-state index contributed by atoms with van der Waals surface area (Å²) in [5, 5.41) is 2.54. The van der Waals surface area contributed by atoms with E-state index in [0.29, 0.717) is 5.30 Å². The lowest BCUT2D eigenvalue weighted by Crippen LogP contribution is -2.32. The fraction of sp³-hybridized carbons (Fsp3) is 0.0400. The summed E-state index contributed by atoms with van der Waals surface area (Å²) in [6.07, 6.45) is 0. The zero-order valence-electron chi connectivity index (χ0n) is 17.0. The highest BCUT2D eigenvalue weighted by Crippen LogP contribution is 2.52. The molecule has 6 heteroatoms. The summed E-state index contributed by atoms with van der Waals surface area (Å²) in [6, 6.07) is 33.2. The fourth-order valence-electron chi connectivity index (χ4n) is 3.44. The van der Waals surface area contributed by atoms with Crippen molar-refractivity contribution in [3.63, 3.8) is 0 Å². The molecule has 0 N–H and O–H groups in total. The Hall–Kier alpha value is -2.88. The van der Waals surface area contributed by atoms with Gasteiger partial charge in [-0.05, 0) is 55.5 Å². The van der Waals surface area contributed by atoms with Gasteiger partial charge in [-0.25, -0.2) is 0 Å². The number of benzene rings is 4. The highest BCUT2D eigenvalue weighted by atomic mass is 32.2. The Morgan fingerprint density at radius 3 is 1.71 bits per heavy atom. The van der Waals surface area contributed by atoms with E-state index in [1.54, 1.807) is 36.4 Å². The standard InChI is InChI=1S/C25H21BO3PS/c1-20-16-18-23(19-17-20)31(27,28)29-24-14-8-9-15-25(24)30(26,21-10-4-2-5-11-21)22-12-6-3-7-13-22/h2-19H,1H3/q+1. The van der Waals surface area contributed by atoms with E-state index in [-0.39, 0.29) is 10.6 Å². The monoisotopic (exact) mass is 443 g/mol. The maximum Gasteiger partial charge on any atom is 0.383 e. The summed E-state index contributed by atoms with van der Waals surface area (Å²) in [5.74, 6) is 0.242. The first-order valence-corrected chi connectivity index (χ1v) is 13.1. The number of para-hydroxylation sites is 1. The molecule has 0 amide bonds. The van der Waals surface area contributed by atoms with Crippen LogP contribution in [0.3, 0.4) is 0 Å². The summed E-state index contributed by atoms with van der Waals surface area (Å²) in [7, 11) is 0.522. The van der Waals surface area contributed by atoms with E-state index in [1.165, 1.54) is 0 Å². The summed E-state index contributed by atoms with van der Waals surface area (Å²) in [5.41, 5.74) is 0.972. The molecule has 0 spiro atoms. The Morgan fingerprint density at radius 1 is 0.677 bits per heavy atom. The first kappa shape index (κ1) is 21.4. The van der Waals surface area contributed by atoms with Gasteiger partial charge in [0.05, 0.1) is 17.8 Å². The van der Waals surface area contributed by atoms with Crippen molar-refractivity contribution < 1.29 is 12.6 Å². The van der Waals surface area contributed by atoms with Crippen molar-refractivity contribution in [2.45, 2.75) is 11.8 Å². The Balaban J connectivity index is 1.87. The molecule has 31 heavy (non-hydrogen) atoms. The minimum Gasteiger partial charge on any atom is -0.375 e. The van der Waals surface area contributed by atoms with Gasteiger partial charge in [0.25, 0.3) is 0 Å². The smallest absolute Gasteiger partial charge is 0.375 e. The predicted molar refractivity (Wildman–Crippen MR) is 130 cm³/mol. The molecule has 0 heterocycles. The van der Waals surface area contributed by atoms with Crippen LogP contribution in [0.15, 0.2) is 114 Å². The van der Waals surface area contributed by atoms with Crippen LogP contribution in [-0.2, 0) is 10.1 Å². The maximum atomic E-state index is 13.0. The van der Waals surface area contributed by atoms with Crippen molar-refractivity contribution in [3.05, 3.63) is 115 Å². The van der Waals surface area contributed by atoms with Crippen LogP contribution in [-0.4, -0.2) is 16.0 Å². The molecule has 0 aliphatic rings. The van der Waals surface area contributed by atoms with Gasteiger partial charge in [0.15, 0.2) is 5.75 Å². The zero-order chi connectivity index (χ0) is 21.9. The second-order valence-corrected chi connectivity index (χ2v) is 11.7. The molecule has 4 aromatic rings. The van der Waals surface area contributed by atoms with Crippen LogP contribution in [0.2, 0.25) is 0 Å². The van der Waals surface area contributed by atoms with Gasteiger partial charge >= 0.3 is 17.7 Å². The van der Waals surface area contributed by atoms with Gasteiger partial charge in [-0.1, -0.05) is 66.2 Å². The Labute approximate surface area is 185 Å². The highest BCUT2D eigenvalue weighted by molar-refractivity contribution is 8.13. The molecule has 0 bridgehead atoms. The van der Waals surface area contributed by atoms with Crippen LogP contribution < -0.4 is 20.1 Å². The van der Waals surface area contributed by atoms with Gasteiger partial charge in [0, 0.05) is 0 Å². The zero-order valence-corrected chi connectivity index (χ0v) is 18.8. The van der Waals surface area contributed by atoms with Crippen molar-refractivity contribution in [2.75, 3.05) is 0 Å². The first-order chi connectivity index (χ1) is 14.9. The third-order valence-electron chi connectivity index (χ3n) is 5.08. The van der Waals surface area contributed by atoms with Crippen LogP contribution in [0, 0.1) is 6.92 Å². The summed E-state index contributed by atoms with van der Waals surface area (Å²) >= 11 is 0. The lowest BCUT2D eigenvalue weighted by atomic mass is 10.2. The number of aryl methyl sites for hydroxylation is 1. The van der Waals surface area contributed by atoms with E-state index in [4.69, 9.17) is 11.7 Å². The molecule has 3 nitrogen and oxygen atoms in total. The van der Waals surface area contributed by atoms with E-state index < -0.39 is 17.3 Å². The molecule has 0 aliphatic heterocycles. The normalized spacial score (nSPS) is 11.8. The van der Waals surface area contributed by atoms with Gasteiger partial charge in [-0.2, -0.15) is 8.42 Å². The molecule has 0 fully saturated rings. The average Bonchev–Trinajstić information content (AvgIpc) is 2.80. The van der Waals surface area contributed by atoms with E-state index in [1.807, 2.05) is 79.7 Å². The van der Waals surface area contributed by atoms with Gasteiger partial charge in [-0.3, -0.25) is 0 Å². The summed E-state index contributed by atoms with van der Waals surface area (Å²) < 4.78 is 31.7. The second-order valence-electron chi connectivity index (χ2n) is 7.21. The molecule has 2 radical (unpaired) electrons. The minimum absolute atomic E-state index is 0.105. The molecule has 0 saturated carbocycles. The lowest BCUT2D eigenvalue weighted by molar-refractivity contribution is 0.488. The Morgan fingerprint density at radius 2 is 1.16 bits per heavy atom. The molecular formula is C25H21BO3PS+. The molecule has 4 aromatic carbocycles. The molecule has 0 aliphatic carbocycles. The number of hydrogen-bond acceptors (Lipinski definition) is 3. The van der Waals surface area contributed by atoms with Crippen LogP contribution in [0.5, 0.6) is 5.75 Å². The summed E-state index contributed by atoms with van der Waals surface area (Å²) in [4.78, 5) is 0.105. The lowest BCUT2D eigenvalue weighted by Gasteiger charge is -2.25. The average molecular weight is 443 g/mol. The minimum atomic E-state index is -4.02. The highest BCUT2D eigenvalue weighted by Gasteiger charge is 2.43. The molecule has 0 aromatic heterocycles. The van der Waals surface area contributed by atoms with E-state index >= 15 is 0 Å². The van der Waals surface area contributed by atoms with Crippen molar-refractivity contribution in [3.8, 4) is 5.75 Å². The Bertz CT molecular complexity index is 1240. The molecule has 0 unspecified atom stereocenters. The van der Waals surface area contributed by atoms with Crippen molar-refractivity contribution in [1.29, 1.82) is 0 Å². The van der Waals surface area contributed by atoms with Crippen molar-refractivity contribution in [2.24, 2.45) is 0 Å². The van der Waals surface area contributed by atoms with Crippen molar-refractivity contribution in [1.82, 2.24) is 0 Å². The van der Waals surface area contributed by atoms with Crippen LogP contribution >= 0.6 is 7.14 Å². The second kappa shape index (κ2) is 8.70. The van der Waals surface area contributed by atoms with Crippen LogP contribution in [0.25, 0.3) is 0 Å². The quantitative estimate of drug-likeness (QED) is 0.256. The van der Waals surface area contributed by atoms with Gasteiger partial charge in [0.2, 0.25) is 0 Å². The molecule has 0 atom stereocenters. The van der Waals surface area contributed by atoms with Crippen LogP contribution in [0.4, 0.5) is 0 Å². The van der Waals surface area contributed by atoms with E-state index in [0.717, 1.165) is 16.2 Å². The molecule has 152 valence electrons. The number of hydrogen-bond donors (Lipinski definition) is 0.